The summed E-state index contributed by atoms with van der Waals surface area (Å²) < 4.78 is 22.7. The fourth-order valence-corrected chi connectivity index (χ4v) is 3.01. The Morgan fingerprint density at radius 1 is 1.44 bits per heavy atom. The van der Waals surface area contributed by atoms with E-state index in [2.05, 4.69) is 21.2 Å². The van der Waals surface area contributed by atoms with Crippen LogP contribution >= 0.6 is 15.9 Å². The van der Waals surface area contributed by atoms with Crippen molar-refractivity contribution >= 4 is 37.5 Å². The first-order valence-corrected chi connectivity index (χ1v) is 7.80. The molecule has 0 aliphatic carbocycles. The quantitative estimate of drug-likeness (QED) is 0.865. The third-order valence-corrected chi connectivity index (χ3v) is 4.17. The maximum Gasteiger partial charge on any atom is 0.239 e. The molecule has 0 bridgehead atoms. The minimum absolute atomic E-state index is 0.00550. The Balaban J connectivity index is 2.82. The van der Waals surface area contributed by atoms with E-state index in [1.54, 1.807) is 0 Å². The predicted octanol–water partition coefficient (Wildman–Crippen LogP) is 2.23. The molecule has 0 aromatic heterocycles. The zero-order valence-corrected chi connectivity index (χ0v) is 12.3. The van der Waals surface area contributed by atoms with Gasteiger partial charge in [-0.2, -0.15) is 0 Å². The van der Waals surface area contributed by atoms with Crippen LogP contribution in [0, 0.1) is 0 Å². The molecule has 100 valence electrons. The summed E-state index contributed by atoms with van der Waals surface area (Å²) in [5, 5.41) is 7.72. The molecule has 1 rings (SSSR count). The Morgan fingerprint density at radius 3 is 2.61 bits per heavy atom. The third-order valence-electron chi connectivity index (χ3n) is 2.28. The first kappa shape index (κ1) is 15.1. The molecule has 18 heavy (non-hydrogen) atoms. The fourth-order valence-electron chi connectivity index (χ4n) is 1.37. The lowest BCUT2D eigenvalue weighted by Crippen LogP contribution is -2.14. The molecule has 0 heterocycles. The molecule has 0 aliphatic heterocycles. The molecule has 3 N–H and O–H groups in total. The Labute approximate surface area is 115 Å². The molecule has 1 aromatic carbocycles. The number of hydrogen-bond acceptors (Lipinski definition) is 3. The number of sulfonamides is 1. The lowest BCUT2D eigenvalue weighted by molar-refractivity contribution is -0.116. The van der Waals surface area contributed by atoms with Crippen LogP contribution in [0.3, 0.4) is 0 Å². The van der Waals surface area contributed by atoms with Crippen LogP contribution in [-0.2, 0) is 14.8 Å². The van der Waals surface area contributed by atoms with Crippen molar-refractivity contribution < 1.29 is 13.2 Å². The highest BCUT2D eigenvalue weighted by atomic mass is 79.9. The van der Waals surface area contributed by atoms with Gasteiger partial charge in [0.25, 0.3) is 0 Å². The lowest BCUT2D eigenvalue weighted by atomic mass is 10.2. The summed E-state index contributed by atoms with van der Waals surface area (Å²) in [6.45, 7) is 2.00. The first-order valence-electron chi connectivity index (χ1n) is 5.46. The number of benzene rings is 1. The zero-order chi connectivity index (χ0) is 13.8. The number of carbonyl (C=O) groups excluding carboxylic acids is 1. The van der Waals surface area contributed by atoms with Crippen LogP contribution in [0.25, 0.3) is 0 Å². The standard InChI is InChI=1S/C11H15BrN2O3S/c1-2-3-4-11(15)14-8-5-6-10(9(12)7-8)18(13,16)17/h5-7H,2-4H2,1H3,(H,14,15)(H2,13,16,17). The van der Waals surface area contributed by atoms with Crippen molar-refractivity contribution in [1.82, 2.24) is 0 Å². The van der Waals surface area contributed by atoms with E-state index >= 15 is 0 Å². The molecule has 1 aromatic rings. The number of amides is 1. The van der Waals surface area contributed by atoms with Crippen molar-refractivity contribution in [1.29, 1.82) is 0 Å². The molecule has 0 fully saturated rings. The van der Waals surface area contributed by atoms with Crippen LogP contribution in [0.4, 0.5) is 5.69 Å². The molecule has 1 amide bonds. The molecule has 5 nitrogen and oxygen atoms in total. The van der Waals surface area contributed by atoms with E-state index < -0.39 is 10.0 Å². The maximum atomic E-state index is 11.5. The Kier molecular flexibility index (Phi) is 5.30. The largest absolute Gasteiger partial charge is 0.326 e. The van der Waals surface area contributed by atoms with Gasteiger partial charge in [0.2, 0.25) is 15.9 Å². The van der Waals surface area contributed by atoms with Crippen molar-refractivity contribution in [2.75, 3.05) is 5.32 Å². The summed E-state index contributed by atoms with van der Waals surface area (Å²) in [4.78, 5) is 11.5. The number of rotatable bonds is 5. The number of primary sulfonamides is 1. The van der Waals surface area contributed by atoms with E-state index in [9.17, 15) is 13.2 Å². The number of hydrogen-bond donors (Lipinski definition) is 2. The Bertz CT molecular complexity index is 543. The summed E-state index contributed by atoms with van der Waals surface area (Å²) in [6, 6.07) is 4.38. The molecular weight excluding hydrogens is 320 g/mol. The van der Waals surface area contributed by atoms with Crippen molar-refractivity contribution in [2.45, 2.75) is 31.1 Å². The topological polar surface area (TPSA) is 89.3 Å². The number of halogens is 1. The highest BCUT2D eigenvalue weighted by Gasteiger charge is 2.13. The van der Waals surface area contributed by atoms with Crippen LogP contribution in [0.1, 0.15) is 26.2 Å². The molecule has 0 aliphatic rings. The van der Waals surface area contributed by atoms with Crippen molar-refractivity contribution in [3.05, 3.63) is 22.7 Å². The lowest BCUT2D eigenvalue weighted by Gasteiger charge is -2.07. The highest BCUT2D eigenvalue weighted by molar-refractivity contribution is 9.10. The van der Waals surface area contributed by atoms with Gasteiger partial charge >= 0.3 is 0 Å². The third kappa shape index (κ3) is 4.40. The van der Waals surface area contributed by atoms with Gasteiger partial charge in [-0.1, -0.05) is 13.3 Å². The van der Waals surface area contributed by atoms with E-state index in [0.717, 1.165) is 12.8 Å². The second-order valence-corrected chi connectivity index (χ2v) is 6.23. The summed E-state index contributed by atoms with van der Waals surface area (Å²) in [7, 11) is -3.75. The van der Waals surface area contributed by atoms with Crippen molar-refractivity contribution in [3.8, 4) is 0 Å². The van der Waals surface area contributed by atoms with Gasteiger partial charge in [0.05, 0.1) is 4.90 Å². The van der Waals surface area contributed by atoms with Gasteiger partial charge < -0.3 is 5.32 Å². The van der Waals surface area contributed by atoms with Crippen molar-refractivity contribution in [2.24, 2.45) is 5.14 Å². The van der Waals surface area contributed by atoms with Gasteiger partial charge in [0, 0.05) is 16.6 Å². The van der Waals surface area contributed by atoms with Gasteiger partial charge in [-0.3, -0.25) is 4.79 Å². The molecule has 0 spiro atoms. The average molecular weight is 335 g/mol. The van der Waals surface area contributed by atoms with E-state index in [1.165, 1.54) is 18.2 Å². The molecule has 0 atom stereocenters. The fraction of sp³-hybridized carbons (Fsp3) is 0.364. The predicted molar refractivity (Wildman–Crippen MR) is 73.7 cm³/mol. The maximum absolute atomic E-state index is 11.5. The normalized spacial score (nSPS) is 11.3. The minimum atomic E-state index is -3.75. The summed E-state index contributed by atoms with van der Waals surface area (Å²) in [5.74, 6) is -0.0906. The summed E-state index contributed by atoms with van der Waals surface area (Å²) >= 11 is 3.12. The SMILES string of the molecule is CCCCC(=O)Nc1ccc(S(N)(=O)=O)c(Br)c1. The van der Waals surface area contributed by atoms with Crippen LogP contribution in [-0.4, -0.2) is 14.3 Å². The minimum Gasteiger partial charge on any atom is -0.326 e. The summed E-state index contributed by atoms with van der Waals surface area (Å²) in [5.41, 5.74) is 0.537. The second-order valence-electron chi connectivity index (χ2n) is 3.84. The van der Waals surface area contributed by atoms with Gasteiger partial charge in [-0.05, 0) is 40.5 Å². The monoisotopic (exact) mass is 334 g/mol. The van der Waals surface area contributed by atoms with E-state index in [4.69, 9.17) is 5.14 Å². The van der Waals surface area contributed by atoms with Crippen LogP contribution in [0.5, 0.6) is 0 Å². The van der Waals surface area contributed by atoms with E-state index in [1.807, 2.05) is 6.92 Å². The van der Waals surface area contributed by atoms with Gasteiger partial charge in [-0.15, -0.1) is 0 Å². The molecule has 0 saturated carbocycles. The molecule has 0 saturated heterocycles. The molecule has 7 heteroatoms. The van der Waals surface area contributed by atoms with E-state index in [0.29, 0.717) is 16.6 Å². The van der Waals surface area contributed by atoms with Gasteiger partial charge in [0.15, 0.2) is 0 Å². The van der Waals surface area contributed by atoms with E-state index in [-0.39, 0.29) is 10.8 Å². The average Bonchev–Trinajstić information content (AvgIpc) is 2.24. The number of nitrogens with two attached hydrogens (primary N) is 1. The number of nitrogens with one attached hydrogen (secondary N) is 1. The summed E-state index contributed by atoms with van der Waals surface area (Å²) in [6.07, 6.45) is 2.22. The molecular formula is C11H15BrN2O3S. The molecule has 0 radical (unpaired) electrons. The molecule has 0 unspecified atom stereocenters. The van der Waals surface area contributed by atoms with Crippen LogP contribution in [0.15, 0.2) is 27.6 Å². The van der Waals surface area contributed by atoms with Gasteiger partial charge in [0.1, 0.15) is 0 Å². The van der Waals surface area contributed by atoms with Crippen LogP contribution in [0.2, 0.25) is 0 Å². The number of anilines is 1. The highest BCUT2D eigenvalue weighted by Crippen LogP contribution is 2.24. The smallest absolute Gasteiger partial charge is 0.239 e. The number of carbonyl (C=O) groups is 1. The van der Waals surface area contributed by atoms with Crippen molar-refractivity contribution in [3.63, 3.8) is 0 Å². The van der Waals surface area contributed by atoms with Crippen LogP contribution < -0.4 is 10.5 Å². The van der Waals surface area contributed by atoms with Gasteiger partial charge in [-0.25, -0.2) is 13.6 Å². The Morgan fingerprint density at radius 2 is 2.11 bits per heavy atom. The second kappa shape index (κ2) is 6.31. The zero-order valence-electron chi connectivity index (χ0n) is 9.94. The first-order chi connectivity index (χ1) is 8.34. The number of unbranched alkanes of at least 4 members (excludes halogenated alkanes) is 1. The Hall–Kier alpha value is -0.920.